The first-order valence-corrected chi connectivity index (χ1v) is 10.1. The summed E-state index contributed by atoms with van der Waals surface area (Å²) < 4.78 is 38.7. The van der Waals surface area contributed by atoms with Crippen LogP contribution in [-0.2, 0) is 11.3 Å². The Hall–Kier alpha value is -1.76. The molecular weight excluding hydrogens is 367 g/mol. The van der Waals surface area contributed by atoms with Gasteiger partial charge in [0, 0.05) is 51.4 Å². The van der Waals surface area contributed by atoms with E-state index in [1.807, 2.05) is 24.1 Å². The summed E-state index contributed by atoms with van der Waals surface area (Å²) in [5.41, 5.74) is 2.36. The highest BCUT2D eigenvalue weighted by Crippen LogP contribution is 2.39. The first-order valence-electron chi connectivity index (χ1n) is 10.1. The number of amides is 1. The summed E-state index contributed by atoms with van der Waals surface area (Å²) in [6, 6.07) is 8.43. The van der Waals surface area contributed by atoms with Crippen molar-refractivity contribution in [2.24, 2.45) is 5.92 Å². The van der Waals surface area contributed by atoms with Crippen molar-refractivity contribution in [3.05, 3.63) is 29.8 Å². The van der Waals surface area contributed by atoms with Gasteiger partial charge in [-0.05, 0) is 44.4 Å². The Morgan fingerprint density at radius 1 is 1.07 bits per heavy atom. The first kappa shape index (κ1) is 21.0. The second-order valence-electron chi connectivity index (χ2n) is 8.08. The molecule has 0 N–H and O–H groups in total. The van der Waals surface area contributed by atoms with Gasteiger partial charge in [-0.1, -0.05) is 18.2 Å². The normalized spacial score (nSPS) is 23.9. The number of hydrogen-bond acceptors (Lipinski definition) is 3. The maximum absolute atomic E-state index is 12.9. The fourth-order valence-corrected chi connectivity index (χ4v) is 4.46. The standard InChI is InChI=1S/C21H30F3N3O/c1-16(28)26-11-13-27(14-12-26)20-6-4-3-5-17(20)15-25(2)19-9-7-18(8-10-19)21(22,23)24/h3-6,18-19H,7-15H2,1-2H3. The maximum Gasteiger partial charge on any atom is 0.391 e. The molecule has 4 nitrogen and oxygen atoms in total. The summed E-state index contributed by atoms with van der Waals surface area (Å²) in [7, 11) is 2.02. The van der Waals surface area contributed by atoms with Gasteiger partial charge in [0.1, 0.15) is 0 Å². The third-order valence-corrected chi connectivity index (χ3v) is 6.26. The molecule has 7 heteroatoms. The summed E-state index contributed by atoms with van der Waals surface area (Å²) in [5.74, 6) is -1.02. The Morgan fingerprint density at radius 2 is 1.68 bits per heavy atom. The lowest BCUT2D eigenvalue weighted by molar-refractivity contribution is -0.184. The molecule has 1 amide bonds. The molecule has 1 aliphatic heterocycles. The zero-order valence-electron chi connectivity index (χ0n) is 16.7. The van der Waals surface area contributed by atoms with Crippen LogP contribution in [0.15, 0.2) is 24.3 Å². The van der Waals surface area contributed by atoms with E-state index in [1.54, 1.807) is 6.92 Å². The van der Waals surface area contributed by atoms with E-state index in [2.05, 4.69) is 21.9 Å². The average molecular weight is 397 g/mol. The molecule has 2 fully saturated rings. The minimum absolute atomic E-state index is 0.113. The van der Waals surface area contributed by atoms with Gasteiger partial charge >= 0.3 is 6.18 Å². The van der Waals surface area contributed by atoms with Gasteiger partial charge in [-0.15, -0.1) is 0 Å². The minimum Gasteiger partial charge on any atom is -0.368 e. The molecule has 2 aliphatic rings. The molecule has 0 bridgehead atoms. The lowest BCUT2D eigenvalue weighted by Crippen LogP contribution is -2.48. The highest BCUT2D eigenvalue weighted by atomic mass is 19.4. The molecule has 0 unspecified atom stereocenters. The molecule has 0 spiro atoms. The Kier molecular flexibility index (Phi) is 6.53. The van der Waals surface area contributed by atoms with Crippen LogP contribution in [0.1, 0.15) is 38.2 Å². The Balaban J connectivity index is 1.60. The van der Waals surface area contributed by atoms with Crippen molar-refractivity contribution in [1.29, 1.82) is 0 Å². The number of alkyl halides is 3. The monoisotopic (exact) mass is 397 g/mol. The van der Waals surface area contributed by atoms with Gasteiger partial charge in [0.15, 0.2) is 0 Å². The minimum atomic E-state index is -4.06. The average Bonchev–Trinajstić information content (AvgIpc) is 2.68. The SMILES string of the molecule is CC(=O)N1CCN(c2ccccc2CN(C)C2CCC(C(F)(F)F)CC2)CC1. The van der Waals surface area contributed by atoms with Gasteiger partial charge in [-0.3, -0.25) is 9.69 Å². The number of carbonyl (C=O) groups excluding carboxylic acids is 1. The van der Waals surface area contributed by atoms with E-state index in [4.69, 9.17) is 0 Å². The van der Waals surface area contributed by atoms with Crippen LogP contribution in [0.3, 0.4) is 0 Å². The number of halogens is 3. The van der Waals surface area contributed by atoms with E-state index in [0.29, 0.717) is 12.8 Å². The van der Waals surface area contributed by atoms with Gasteiger partial charge in [-0.2, -0.15) is 13.2 Å². The van der Waals surface area contributed by atoms with Crippen LogP contribution in [0.25, 0.3) is 0 Å². The van der Waals surface area contributed by atoms with E-state index in [-0.39, 0.29) is 24.8 Å². The first-order chi connectivity index (χ1) is 13.3. The van der Waals surface area contributed by atoms with Crippen molar-refractivity contribution >= 4 is 11.6 Å². The molecular formula is C21H30F3N3O. The zero-order valence-corrected chi connectivity index (χ0v) is 16.7. The van der Waals surface area contributed by atoms with E-state index in [1.165, 1.54) is 11.3 Å². The maximum atomic E-state index is 12.9. The summed E-state index contributed by atoms with van der Waals surface area (Å²) in [4.78, 5) is 17.9. The smallest absolute Gasteiger partial charge is 0.368 e. The van der Waals surface area contributed by atoms with E-state index >= 15 is 0 Å². The zero-order chi connectivity index (χ0) is 20.3. The van der Waals surface area contributed by atoms with Crippen molar-refractivity contribution in [3.8, 4) is 0 Å². The molecule has 3 rings (SSSR count). The fraction of sp³-hybridized carbons (Fsp3) is 0.667. The second kappa shape index (κ2) is 8.72. The van der Waals surface area contributed by atoms with Crippen molar-refractivity contribution < 1.29 is 18.0 Å². The Morgan fingerprint density at radius 3 is 2.25 bits per heavy atom. The van der Waals surface area contributed by atoms with E-state index in [9.17, 15) is 18.0 Å². The number of rotatable bonds is 4. The van der Waals surface area contributed by atoms with Crippen LogP contribution < -0.4 is 4.90 Å². The van der Waals surface area contributed by atoms with Gasteiger partial charge in [0.2, 0.25) is 5.91 Å². The topological polar surface area (TPSA) is 26.8 Å². The molecule has 1 aromatic carbocycles. The number of benzene rings is 1. The molecule has 1 saturated carbocycles. The van der Waals surface area contributed by atoms with Crippen molar-refractivity contribution in [2.75, 3.05) is 38.1 Å². The van der Waals surface area contributed by atoms with Crippen molar-refractivity contribution in [1.82, 2.24) is 9.80 Å². The predicted molar refractivity (Wildman–Crippen MR) is 104 cm³/mol. The molecule has 156 valence electrons. The Bertz CT molecular complexity index is 663. The second-order valence-corrected chi connectivity index (χ2v) is 8.08. The van der Waals surface area contributed by atoms with Crippen LogP contribution in [0.4, 0.5) is 18.9 Å². The number of carbonyl (C=O) groups is 1. The largest absolute Gasteiger partial charge is 0.391 e. The molecule has 0 atom stereocenters. The van der Waals surface area contributed by atoms with Crippen LogP contribution in [0, 0.1) is 5.92 Å². The number of para-hydroxylation sites is 1. The number of nitrogens with zero attached hydrogens (tertiary/aromatic N) is 3. The van der Waals surface area contributed by atoms with Gasteiger partial charge in [-0.25, -0.2) is 0 Å². The van der Waals surface area contributed by atoms with E-state index in [0.717, 1.165) is 32.7 Å². The fourth-order valence-electron chi connectivity index (χ4n) is 4.46. The number of anilines is 1. The lowest BCUT2D eigenvalue weighted by atomic mass is 9.85. The highest BCUT2D eigenvalue weighted by Gasteiger charge is 2.41. The lowest BCUT2D eigenvalue weighted by Gasteiger charge is -2.38. The van der Waals surface area contributed by atoms with Crippen LogP contribution in [0.5, 0.6) is 0 Å². The van der Waals surface area contributed by atoms with Crippen molar-refractivity contribution in [2.45, 2.75) is 51.4 Å². The van der Waals surface area contributed by atoms with Crippen LogP contribution in [-0.4, -0.2) is 61.2 Å². The molecule has 1 heterocycles. The highest BCUT2D eigenvalue weighted by molar-refractivity contribution is 5.73. The molecule has 0 radical (unpaired) electrons. The molecule has 28 heavy (non-hydrogen) atoms. The predicted octanol–water partition coefficient (Wildman–Crippen LogP) is 3.91. The number of piperazine rings is 1. The molecule has 0 aromatic heterocycles. The third kappa shape index (κ3) is 4.99. The van der Waals surface area contributed by atoms with Gasteiger partial charge in [0.25, 0.3) is 0 Å². The quantitative estimate of drug-likeness (QED) is 0.771. The molecule has 1 saturated heterocycles. The summed E-state index contributed by atoms with van der Waals surface area (Å²) in [5, 5.41) is 0. The molecule has 1 aromatic rings. The van der Waals surface area contributed by atoms with E-state index < -0.39 is 12.1 Å². The van der Waals surface area contributed by atoms with Crippen molar-refractivity contribution in [3.63, 3.8) is 0 Å². The Labute approximate surface area is 165 Å². The molecule has 1 aliphatic carbocycles. The number of hydrogen-bond donors (Lipinski definition) is 0. The van der Waals surface area contributed by atoms with Crippen LogP contribution in [0.2, 0.25) is 0 Å². The summed E-state index contributed by atoms with van der Waals surface area (Å²) >= 11 is 0. The summed E-state index contributed by atoms with van der Waals surface area (Å²) in [6.07, 6.45) is -2.40. The van der Waals surface area contributed by atoms with Crippen LogP contribution >= 0.6 is 0 Å². The summed E-state index contributed by atoms with van der Waals surface area (Å²) in [6.45, 7) is 5.38. The van der Waals surface area contributed by atoms with Gasteiger partial charge < -0.3 is 9.80 Å². The third-order valence-electron chi connectivity index (χ3n) is 6.26. The van der Waals surface area contributed by atoms with Gasteiger partial charge in [0.05, 0.1) is 5.92 Å².